The van der Waals surface area contributed by atoms with Crippen molar-refractivity contribution in [1.82, 2.24) is 5.32 Å². The van der Waals surface area contributed by atoms with E-state index in [9.17, 15) is 14.4 Å². The minimum Gasteiger partial charge on any atom is -0.444 e. The summed E-state index contributed by atoms with van der Waals surface area (Å²) in [6, 6.07) is 8.12. The highest BCUT2D eigenvalue weighted by Crippen LogP contribution is 2.16. The van der Waals surface area contributed by atoms with Crippen LogP contribution in [0.25, 0.3) is 0 Å². The summed E-state index contributed by atoms with van der Waals surface area (Å²) in [6.07, 6.45) is -0.551. The van der Waals surface area contributed by atoms with Crippen molar-refractivity contribution in [2.75, 3.05) is 0 Å². The van der Waals surface area contributed by atoms with Crippen LogP contribution < -0.4 is 5.32 Å². The lowest BCUT2D eigenvalue weighted by molar-refractivity contribution is -0.167. The molecule has 0 fully saturated rings. The van der Waals surface area contributed by atoms with E-state index in [-0.39, 0.29) is 6.42 Å². The third-order valence-electron chi connectivity index (χ3n) is 3.06. The summed E-state index contributed by atoms with van der Waals surface area (Å²) in [5, 5.41) is 2.49. The Morgan fingerprint density at radius 3 is 2.04 bits per heavy atom. The van der Waals surface area contributed by atoms with Gasteiger partial charge >= 0.3 is 18.0 Å². The zero-order chi connectivity index (χ0) is 19.3. The van der Waals surface area contributed by atoms with Crippen LogP contribution in [0.1, 0.15) is 47.1 Å². The fourth-order valence-corrected chi connectivity index (χ4v) is 1.81. The van der Waals surface area contributed by atoms with E-state index in [1.54, 1.807) is 41.5 Å². The van der Waals surface area contributed by atoms with Crippen molar-refractivity contribution in [2.24, 2.45) is 5.41 Å². The van der Waals surface area contributed by atoms with Crippen LogP contribution in [0.15, 0.2) is 30.3 Å². The molecule has 6 nitrogen and oxygen atoms in total. The molecule has 0 bridgehead atoms. The Bertz CT molecular complexity index is 611. The number of carbonyl (C=O) groups is 3. The van der Waals surface area contributed by atoms with E-state index in [1.807, 2.05) is 30.3 Å². The van der Waals surface area contributed by atoms with Gasteiger partial charge in [0.25, 0.3) is 0 Å². The van der Waals surface area contributed by atoms with Gasteiger partial charge < -0.3 is 14.8 Å². The normalized spacial score (nSPS) is 12.9. The van der Waals surface area contributed by atoms with E-state index in [2.05, 4.69) is 5.32 Å². The van der Waals surface area contributed by atoms with Crippen LogP contribution in [-0.2, 0) is 25.5 Å². The fourth-order valence-electron chi connectivity index (χ4n) is 1.81. The number of hydrogen-bond donors (Lipinski definition) is 1. The number of amides is 1. The summed E-state index contributed by atoms with van der Waals surface area (Å²) in [5.74, 6) is -1.46. The van der Waals surface area contributed by atoms with E-state index in [4.69, 9.17) is 9.47 Å². The number of hydrogen-bond acceptors (Lipinski definition) is 5. The Balaban J connectivity index is 2.88. The minimum absolute atomic E-state index is 0.191. The van der Waals surface area contributed by atoms with Crippen molar-refractivity contribution in [1.29, 1.82) is 0 Å². The lowest BCUT2D eigenvalue weighted by Gasteiger charge is -2.23. The molecule has 0 aromatic heterocycles. The van der Waals surface area contributed by atoms with Crippen LogP contribution in [0.4, 0.5) is 4.79 Å². The van der Waals surface area contributed by atoms with Gasteiger partial charge in [0.15, 0.2) is 0 Å². The first-order valence-electron chi connectivity index (χ1n) is 8.18. The van der Waals surface area contributed by atoms with Gasteiger partial charge in [0.2, 0.25) is 0 Å². The van der Waals surface area contributed by atoms with Crippen LogP contribution in [-0.4, -0.2) is 29.7 Å². The van der Waals surface area contributed by atoms with Gasteiger partial charge in [0, 0.05) is 6.42 Å². The second-order valence-corrected chi connectivity index (χ2v) is 7.85. The summed E-state index contributed by atoms with van der Waals surface area (Å²) in [5.41, 5.74) is -0.700. The molecule has 1 atom stereocenters. The molecule has 0 aliphatic carbocycles. The summed E-state index contributed by atoms with van der Waals surface area (Å²) < 4.78 is 10.1. The molecule has 0 radical (unpaired) electrons. The molecule has 0 aliphatic rings. The Labute approximate surface area is 148 Å². The molecule has 0 saturated carbocycles. The van der Waals surface area contributed by atoms with Crippen LogP contribution in [0.3, 0.4) is 0 Å². The molecule has 0 aliphatic heterocycles. The Morgan fingerprint density at radius 1 is 1.00 bits per heavy atom. The van der Waals surface area contributed by atoms with Gasteiger partial charge in [-0.1, -0.05) is 30.3 Å². The number of benzene rings is 1. The molecule has 25 heavy (non-hydrogen) atoms. The third kappa shape index (κ3) is 7.83. The van der Waals surface area contributed by atoms with E-state index in [0.717, 1.165) is 5.56 Å². The molecule has 1 aromatic carbocycles. The van der Waals surface area contributed by atoms with Gasteiger partial charge in [-0.3, -0.25) is 4.79 Å². The van der Waals surface area contributed by atoms with Crippen LogP contribution in [0.5, 0.6) is 0 Å². The van der Waals surface area contributed by atoms with Gasteiger partial charge in [0.05, 0.1) is 5.41 Å². The van der Waals surface area contributed by atoms with Gasteiger partial charge in [-0.25, -0.2) is 9.59 Å². The van der Waals surface area contributed by atoms with Crippen molar-refractivity contribution < 1.29 is 23.9 Å². The first kappa shape index (κ1) is 20.7. The van der Waals surface area contributed by atoms with Crippen molar-refractivity contribution in [3.63, 3.8) is 0 Å². The predicted octanol–water partition coefficient (Wildman–Crippen LogP) is 3.24. The fraction of sp³-hybridized carbons (Fsp3) is 0.526. The second kappa shape index (κ2) is 8.14. The molecular weight excluding hydrogens is 322 g/mol. The van der Waals surface area contributed by atoms with Crippen molar-refractivity contribution in [3.8, 4) is 0 Å². The molecule has 6 heteroatoms. The van der Waals surface area contributed by atoms with Crippen molar-refractivity contribution >= 4 is 18.0 Å². The summed E-state index contributed by atoms with van der Waals surface area (Å²) in [6.45, 7) is 10.1. The van der Waals surface area contributed by atoms with Gasteiger partial charge in [0.1, 0.15) is 11.6 Å². The Kier molecular flexibility index (Phi) is 6.73. The maximum atomic E-state index is 12.4. The zero-order valence-electron chi connectivity index (χ0n) is 15.7. The highest BCUT2D eigenvalue weighted by Gasteiger charge is 2.31. The van der Waals surface area contributed by atoms with Gasteiger partial charge in [-0.15, -0.1) is 0 Å². The first-order chi connectivity index (χ1) is 11.4. The lowest BCUT2D eigenvalue weighted by atomic mass is 9.97. The van der Waals surface area contributed by atoms with Crippen LogP contribution in [0.2, 0.25) is 0 Å². The Morgan fingerprint density at radius 2 is 1.56 bits per heavy atom. The van der Waals surface area contributed by atoms with E-state index in [0.29, 0.717) is 0 Å². The molecule has 0 spiro atoms. The van der Waals surface area contributed by atoms with Crippen LogP contribution >= 0.6 is 0 Å². The Hall–Kier alpha value is -2.37. The van der Waals surface area contributed by atoms with Crippen molar-refractivity contribution in [3.05, 3.63) is 35.9 Å². The third-order valence-corrected chi connectivity index (χ3v) is 3.06. The minimum atomic E-state index is -1.02. The molecule has 0 saturated heterocycles. The molecule has 1 rings (SSSR count). The van der Waals surface area contributed by atoms with E-state index in [1.165, 1.54) is 0 Å². The molecule has 0 heterocycles. The molecular formula is C19H27NO5. The maximum absolute atomic E-state index is 12.4. The van der Waals surface area contributed by atoms with Gasteiger partial charge in [-0.2, -0.15) is 0 Å². The van der Waals surface area contributed by atoms with Crippen LogP contribution in [0, 0.1) is 5.41 Å². The zero-order valence-corrected chi connectivity index (χ0v) is 15.7. The van der Waals surface area contributed by atoms with E-state index < -0.39 is 35.1 Å². The summed E-state index contributed by atoms with van der Waals surface area (Å²) >= 11 is 0. The first-order valence-corrected chi connectivity index (χ1v) is 8.18. The molecule has 0 unspecified atom stereocenters. The van der Waals surface area contributed by atoms with Gasteiger partial charge in [-0.05, 0) is 47.1 Å². The molecule has 1 N–H and O–H groups in total. The standard InChI is InChI=1S/C19H27NO5/c1-18(2,3)16(22)24-15(21)14(12-13-10-8-7-9-11-13)20-17(23)25-19(4,5)6/h7-11,14H,12H2,1-6H3,(H,20,23)/t14-/m1/s1. The van der Waals surface area contributed by atoms with Crippen molar-refractivity contribution in [2.45, 2.75) is 59.6 Å². The number of esters is 2. The average molecular weight is 349 g/mol. The average Bonchev–Trinajstić information content (AvgIpc) is 2.44. The monoisotopic (exact) mass is 349 g/mol. The number of rotatable bonds is 4. The largest absolute Gasteiger partial charge is 0.444 e. The predicted molar refractivity (Wildman–Crippen MR) is 93.9 cm³/mol. The summed E-state index contributed by atoms with van der Waals surface area (Å²) in [4.78, 5) is 36.4. The molecule has 138 valence electrons. The summed E-state index contributed by atoms with van der Waals surface area (Å²) in [7, 11) is 0. The lowest BCUT2D eigenvalue weighted by Crippen LogP contribution is -2.46. The smallest absolute Gasteiger partial charge is 0.408 e. The molecule has 1 aromatic rings. The maximum Gasteiger partial charge on any atom is 0.408 e. The highest BCUT2D eigenvalue weighted by molar-refractivity contribution is 5.92. The highest BCUT2D eigenvalue weighted by atomic mass is 16.6. The number of carbonyl (C=O) groups excluding carboxylic acids is 3. The second-order valence-electron chi connectivity index (χ2n) is 7.85. The quantitative estimate of drug-likeness (QED) is 0.666. The number of nitrogens with one attached hydrogen (secondary N) is 1. The number of alkyl carbamates (subject to hydrolysis) is 1. The number of ether oxygens (including phenoxy) is 2. The SMILES string of the molecule is CC(C)(C)OC(=O)N[C@H](Cc1ccccc1)C(=O)OC(=O)C(C)(C)C. The topological polar surface area (TPSA) is 81.7 Å². The molecule has 1 amide bonds. The van der Waals surface area contributed by atoms with E-state index >= 15 is 0 Å².